The topological polar surface area (TPSA) is 55.8 Å². The molecule has 0 N–H and O–H groups in total. The number of carbonyl (C=O) groups is 2. The number of nitrogens with zero attached hydrogens (tertiary/aromatic N) is 1. The van der Waals surface area contributed by atoms with Gasteiger partial charge in [0.15, 0.2) is 0 Å². The maximum absolute atomic E-state index is 12.5. The van der Waals surface area contributed by atoms with Gasteiger partial charge < -0.3 is 9.47 Å². The fourth-order valence-corrected chi connectivity index (χ4v) is 2.82. The highest BCUT2D eigenvalue weighted by Crippen LogP contribution is 2.43. The molecular weight excluding hydrogens is 270 g/mol. The lowest BCUT2D eigenvalue weighted by Crippen LogP contribution is -2.48. The average molecular weight is 297 g/mol. The van der Waals surface area contributed by atoms with Crippen LogP contribution in [0, 0.1) is 5.41 Å². The SMILES string of the molecule is C=CCC1N(C(=O)OC(C)(C)C)[C@H](C(=O)OC)CC1(C)C. The van der Waals surface area contributed by atoms with Crippen LogP contribution in [0.15, 0.2) is 12.7 Å². The summed E-state index contributed by atoms with van der Waals surface area (Å²) in [5, 5.41) is 0. The molecule has 1 unspecified atom stereocenters. The summed E-state index contributed by atoms with van der Waals surface area (Å²) in [7, 11) is 1.34. The zero-order valence-corrected chi connectivity index (χ0v) is 13.9. The van der Waals surface area contributed by atoms with Gasteiger partial charge in [0, 0.05) is 6.04 Å². The van der Waals surface area contributed by atoms with E-state index in [0.717, 1.165) is 0 Å². The van der Waals surface area contributed by atoms with E-state index < -0.39 is 23.7 Å². The first kappa shape index (κ1) is 17.5. The van der Waals surface area contributed by atoms with E-state index in [2.05, 4.69) is 6.58 Å². The zero-order valence-electron chi connectivity index (χ0n) is 13.9. The van der Waals surface area contributed by atoms with Crippen molar-refractivity contribution in [2.24, 2.45) is 5.41 Å². The van der Waals surface area contributed by atoms with E-state index in [1.54, 1.807) is 6.08 Å². The summed E-state index contributed by atoms with van der Waals surface area (Å²) in [5.41, 5.74) is -0.812. The highest BCUT2D eigenvalue weighted by atomic mass is 16.6. The van der Waals surface area contributed by atoms with Crippen molar-refractivity contribution >= 4 is 12.1 Å². The molecule has 0 spiro atoms. The minimum Gasteiger partial charge on any atom is -0.467 e. The Morgan fingerprint density at radius 1 is 1.38 bits per heavy atom. The standard InChI is InChI=1S/C16H27NO4/c1-8-9-12-16(5,6)10-11(13(18)20-7)17(12)14(19)21-15(2,3)4/h8,11-12H,1,9-10H2,2-7H3/t11-,12?/m0/s1. The van der Waals surface area contributed by atoms with E-state index in [9.17, 15) is 9.59 Å². The van der Waals surface area contributed by atoms with E-state index in [1.165, 1.54) is 12.0 Å². The van der Waals surface area contributed by atoms with Crippen molar-refractivity contribution in [1.82, 2.24) is 4.90 Å². The van der Waals surface area contributed by atoms with Crippen molar-refractivity contribution in [3.8, 4) is 0 Å². The molecule has 0 radical (unpaired) electrons. The molecule has 0 aliphatic carbocycles. The predicted octanol–water partition coefficient (Wildman–Crippen LogP) is 3.14. The molecule has 0 aromatic rings. The Bertz CT molecular complexity index is 422. The Kier molecular flexibility index (Phi) is 5.07. The van der Waals surface area contributed by atoms with E-state index in [1.807, 2.05) is 34.6 Å². The third-order valence-corrected chi connectivity index (χ3v) is 3.76. The first-order valence-electron chi connectivity index (χ1n) is 7.23. The zero-order chi connectivity index (χ0) is 16.4. The Hall–Kier alpha value is -1.52. The first-order chi connectivity index (χ1) is 9.53. The maximum atomic E-state index is 12.5. The lowest BCUT2D eigenvalue weighted by molar-refractivity contribution is -0.146. The Labute approximate surface area is 127 Å². The lowest BCUT2D eigenvalue weighted by atomic mass is 9.82. The van der Waals surface area contributed by atoms with Crippen LogP contribution in [0.2, 0.25) is 0 Å². The number of likely N-dealkylation sites (tertiary alicyclic amines) is 1. The van der Waals surface area contributed by atoms with Crippen molar-refractivity contribution in [3.05, 3.63) is 12.7 Å². The summed E-state index contributed by atoms with van der Waals surface area (Å²) in [6.07, 6.45) is 2.45. The van der Waals surface area contributed by atoms with Crippen molar-refractivity contribution in [2.45, 2.75) is 65.1 Å². The normalized spacial score (nSPS) is 24.6. The van der Waals surface area contributed by atoms with E-state index >= 15 is 0 Å². The number of ether oxygens (including phenoxy) is 2. The summed E-state index contributed by atoms with van der Waals surface area (Å²) in [4.78, 5) is 26.1. The molecule has 1 heterocycles. The fraction of sp³-hybridized carbons (Fsp3) is 0.750. The number of rotatable bonds is 3. The van der Waals surface area contributed by atoms with Gasteiger partial charge in [0.2, 0.25) is 0 Å². The number of esters is 1. The Morgan fingerprint density at radius 3 is 2.38 bits per heavy atom. The third kappa shape index (κ3) is 3.99. The Balaban J connectivity index is 3.13. The molecule has 5 nitrogen and oxygen atoms in total. The molecule has 1 fully saturated rings. The molecule has 0 aromatic heterocycles. The second kappa shape index (κ2) is 6.08. The number of carbonyl (C=O) groups excluding carboxylic acids is 2. The maximum Gasteiger partial charge on any atom is 0.411 e. The molecule has 1 rings (SSSR count). The van der Waals surface area contributed by atoms with E-state index in [-0.39, 0.29) is 11.5 Å². The Morgan fingerprint density at radius 2 is 1.95 bits per heavy atom. The monoisotopic (exact) mass is 297 g/mol. The summed E-state index contributed by atoms with van der Waals surface area (Å²) >= 11 is 0. The molecule has 0 bridgehead atoms. The third-order valence-electron chi connectivity index (χ3n) is 3.76. The molecule has 1 aliphatic rings. The van der Waals surface area contributed by atoms with Gasteiger partial charge in [0.1, 0.15) is 11.6 Å². The van der Waals surface area contributed by atoms with Crippen molar-refractivity contribution in [3.63, 3.8) is 0 Å². The molecule has 1 saturated heterocycles. The number of amides is 1. The molecule has 2 atom stereocenters. The van der Waals surface area contributed by atoms with Gasteiger partial charge in [0.05, 0.1) is 7.11 Å². The molecule has 0 saturated carbocycles. The van der Waals surface area contributed by atoms with Gasteiger partial charge in [-0.1, -0.05) is 19.9 Å². The number of hydrogen-bond acceptors (Lipinski definition) is 4. The average Bonchev–Trinajstić information content (AvgIpc) is 2.59. The molecule has 0 aromatic carbocycles. The summed E-state index contributed by atoms with van der Waals surface area (Å²) in [5.74, 6) is -0.402. The molecule has 120 valence electrons. The number of methoxy groups -OCH3 is 1. The van der Waals surface area contributed by atoms with Gasteiger partial charge in [-0.2, -0.15) is 0 Å². The highest BCUT2D eigenvalue weighted by Gasteiger charge is 2.52. The van der Waals surface area contributed by atoms with Crippen LogP contribution in [0.4, 0.5) is 4.79 Å². The van der Waals surface area contributed by atoms with Gasteiger partial charge in [-0.25, -0.2) is 9.59 Å². The van der Waals surface area contributed by atoms with Gasteiger partial charge in [-0.05, 0) is 39.0 Å². The van der Waals surface area contributed by atoms with Crippen molar-refractivity contribution < 1.29 is 19.1 Å². The number of hydrogen-bond donors (Lipinski definition) is 0. The minimum atomic E-state index is -0.608. The van der Waals surface area contributed by atoms with E-state index in [0.29, 0.717) is 12.8 Å². The predicted molar refractivity (Wildman–Crippen MR) is 80.9 cm³/mol. The smallest absolute Gasteiger partial charge is 0.411 e. The van der Waals surface area contributed by atoms with Crippen LogP contribution in [0.3, 0.4) is 0 Å². The lowest BCUT2D eigenvalue weighted by Gasteiger charge is -2.34. The molecular formula is C16H27NO4. The first-order valence-corrected chi connectivity index (χ1v) is 7.23. The summed E-state index contributed by atoms with van der Waals surface area (Å²) < 4.78 is 10.3. The van der Waals surface area contributed by atoms with Crippen LogP contribution >= 0.6 is 0 Å². The van der Waals surface area contributed by atoms with Gasteiger partial charge >= 0.3 is 12.1 Å². The minimum absolute atomic E-state index is 0.131. The van der Waals surface area contributed by atoms with Crippen molar-refractivity contribution in [1.29, 1.82) is 0 Å². The van der Waals surface area contributed by atoms with Gasteiger partial charge in [-0.15, -0.1) is 6.58 Å². The quantitative estimate of drug-likeness (QED) is 0.593. The summed E-state index contributed by atoms with van der Waals surface area (Å²) in [6.45, 7) is 13.3. The molecule has 21 heavy (non-hydrogen) atoms. The van der Waals surface area contributed by atoms with Gasteiger partial charge in [-0.3, -0.25) is 4.90 Å². The van der Waals surface area contributed by atoms with Gasteiger partial charge in [0.25, 0.3) is 0 Å². The molecule has 1 amide bonds. The van der Waals surface area contributed by atoms with Crippen LogP contribution in [0.25, 0.3) is 0 Å². The highest BCUT2D eigenvalue weighted by molar-refractivity contribution is 5.82. The van der Waals surface area contributed by atoms with Crippen LogP contribution in [-0.2, 0) is 14.3 Å². The van der Waals surface area contributed by atoms with Crippen LogP contribution in [-0.4, -0.2) is 41.8 Å². The molecule has 5 heteroatoms. The fourth-order valence-electron chi connectivity index (χ4n) is 2.82. The van der Waals surface area contributed by atoms with Crippen LogP contribution in [0.1, 0.15) is 47.5 Å². The van der Waals surface area contributed by atoms with Crippen LogP contribution < -0.4 is 0 Å². The largest absolute Gasteiger partial charge is 0.467 e. The second-order valence-corrected chi connectivity index (χ2v) is 7.16. The summed E-state index contributed by atoms with van der Waals surface area (Å²) in [6, 6.07) is -0.737. The van der Waals surface area contributed by atoms with E-state index in [4.69, 9.17) is 9.47 Å². The van der Waals surface area contributed by atoms with Crippen LogP contribution in [0.5, 0.6) is 0 Å². The molecule has 1 aliphatic heterocycles. The van der Waals surface area contributed by atoms with Crippen molar-refractivity contribution in [2.75, 3.05) is 7.11 Å². The second-order valence-electron chi connectivity index (χ2n) is 7.16.